The van der Waals surface area contributed by atoms with Crippen LogP contribution in [0.15, 0.2) is 59.6 Å². The Morgan fingerprint density at radius 2 is 1.94 bits per heavy atom. The maximum atomic E-state index is 13.4. The van der Waals surface area contributed by atoms with E-state index in [1.54, 1.807) is 6.20 Å². The summed E-state index contributed by atoms with van der Waals surface area (Å²) in [5.74, 6) is -0.0870. The lowest BCUT2D eigenvalue weighted by Gasteiger charge is -2.24. The van der Waals surface area contributed by atoms with Crippen molar-refractivity contribution in [1.82, 2.24) is 9.55 Å². The van der Waals surface area contributed by atoms with E-state index in [0.717, 1.165) is 40.6 Å². The highest BCUT2D eigenvalue weighted by Crippen LogP contribution is 2.46. The van der Waals surface area contributed by atoms with E-state index in [2.05, 4.69) is 39.1 Å². The van der Waals surface area contributed by atoms with Gasteiger partial charge in [-0.3, -0.25) is 10.1 Å². The predicted molar refractivity (Wildman–Crippen MR) is 143 cm³/mol. The molecule has 4 aromatic rings. The third-order valence-electron chi connectivity index (χ3n) is 7.36. The maximum Gasteiger partial charge on any atom is 0.337 e. The normalized spacial score (nSPS) is 15.5. The Hall–Kier alpha value is -3.71. The van der Waals surface area contributed by atoms with Crippen LogP contribution in [-0.2, 0) is 16.1 Å². The van der Waals surface area contributed by atoms with Crippen LogP contribution in [0.3, 0.4) is 0 Å². The van der Waals surface area contributed by atoms with E-state index in [4.69, 9.17) is 4.74 Å². The molecule has 0 spiro atoms. The first kappa shape index (κ1) is 22.7. The van der Waals surface area contributed by atoms with Crippen LogP contribution in [0.4, 0.5) is 5.13 Å². The lowest BCUT2D eigenvalue weighted by molar-refractivity contribution is -0.113. The quantitative estimate of drug-likeness (QED) is 0.321. The van der Waals surface area contributed by atoms with Crippen molar-refractivity contribution in [1.29, 1.82) is 0 Å². The molecule has 182 valence electrons. The molecule has 1 aliphatic carbocycles. The average molecular weight is 498 g/mol. The van der Waals surface area contributed by atoms with Gasteiger partial charge in [0.25, 0.3) is 5.91 Å². The summed E-state index contributed by atoms with van der Waals surface area (Å²) in [6.07, 6.45) is 9.69. The number of hydrogen-bond donors (Lipinski definition) is 1. The number of nitrogens with zero attached hydrogens (tertiary/aromatic N) is 2. The summed E-state index contributed by atoms with van der Waals surface area (Å²) in [6.45, 7) is 0.398. The van der Waals surface area contributed by atoms with Crippen LogP contribution in [0, 0.1) is 0 Å². The Balaban J connectivity index is 1.58. The summed E-state index contributed by atoms with van der Waals surface area (Å²) in [7, 11) is 1.40. The van der Waals surface area contributed by atoms with E-state index in [-0.39, 0.29) is 11.9 Å². The van der Waals surface area contributed by atoms with Crippen LogP contribution in [0.25, 0.3) is 28.2 Å². The average Bonchev–Trinajstić information content (AvgIpc) is 3.49. The van der Waals surface area contributed by atoms with Crippen molar-refractivity contribution in [2.24, 2.45) is 0 Å². The van der Waals surface area contributed by atoms with Gasteiger partial charge in [-0.1, -0.05) is 49.6 Å². The minimum atomic E-state index is -0.363. The molecule has 0 saturated heterocycles. The number of thiazole rings is 1. The summed E-state index contributed by atoms with van der Waals surface area (Å²) < 4.78 is 7.25. The van der Waals surface area contributed by atoms with Gasteiger partial charge in [-0.2, -0.15) is 0 Å². The van der Waals surface area contributed by atoms with Crippen molar-refractivity contribution in [2.75, 3.05) is 12.4 Å². The highest BCUT2D eigenvalue weighted by atomic mass is 32.1. The zero-order valence-corrected chi connectivity index (χ0v) is 20.9. The van der Waals surface area contributed by atoms with Crippen molar-refractivity contribution in [2.45, 2.75) is 44.6 Å². The molecule has 1 aliphatic heterocycles. The summed E-state index contributed by atoms with van der Waals surface area (Å²) in [5.41, 5.74) is 6.74. The molecular formula is C29H27N3O3S. The molecular weight excluding hydrogens is 470 g/mol. The fourth-order valence-electron chi connectivity index (χ4n) is 5.72. The van der Waals surface area contributed by atoms with E-state index in [1.165, 1.54) is 43.3 Å². The molecule has 0 atom stereocenters. The number of ether oxygens (including phenoxy) is 1. The lowest BCUT2D eigenvalue weighted by Crippen LogP contribution is -2.18. The second-order valence-corrected chi connectivity index (χ2v) is 10.3. The minimum Gasteiger partial charge on any atom is -0.465 e. The zero-order valence-electron chi connectivity index (χ0n) is 20.1. The monoisotopic (exact) mass is 497 g/mol. The van der Waals surface area contributed by atoms with Gasteiger partial charge in [0, 0.05) is 33.6 Å². The number of hydrogen-bond acceptors (Lipinski definition) is 5. The molecule has 1 fully saturated rings. The van der Waals surface area contributed by atoms with E-state index in [9.17, 15) is 9.59 Å². The summed E-state index contributed by atoms with van der Waals surface area (Å²) in [6, 6.07) is 14.1. The van der Waals surface area contributed by atoms with Gasteiger partial charge in [-0.25, -0.2) is 9.78 Å². The summed E-state index contributed by atoms with van der Waals surface area (Å²) in [5, 5.41) is 6.52. The van der Waals surface area contributed by atoms with Crippen LogP contribution in [-0.4, -0.2) is 28.5 Å². The van der Waals surface area contributed by atoms with Crippen LogP contribution in [0.1, 0.15) is 59.5 Å². The number of esters is 1. The first-order valence-corrected chi connectivity index (χ1v) is 13.3. The number of methoxy groups -OCH3 is 1. The van der Waals surface area contributed by atoms with Crippen LogP contribution in [0.5, 0.6) is 0 Å². The first-order valence-electron chi connectivity index (χ1n) is 12.4. The summed E-state index contributed by atoms with van der Waals surface area (Å²) >= 11 is 1.40. The van der Waals surface area contributed by atoms with Gasteiger partial charge in [0.15, 0.2) is 5.13 Å². The van der Waals surface area contributed by atoms with Gasteiger partial charge in [0.1, 0.15) is 0 Å². The fraction of sp³-hybridized carbons (Fsp3) is 0.276. The predicted octanol–water partition coefficient (Wildman–Crippen LogP) is 6.63. The number of anilines is 1. The molecule has 2 aromatic heterocycles. The van der Waals surface area contributed by atoms with Crippen LogP contribution in [0.2, 0.25) is 0 Å². The molecule has 1 amide bonds. The van der Waals surface area contributed by atoms with E-state index < -0.39 is 0 Å². The number of benzene rings is 2. The third kappa shape index (κ3) is 3.93. The van der Waals surface area contributed by atoms with Crippen molar-refractivity contribution in [3.8, 4) is 11.3 Å². The van der Waals surface area contributed by atoms with Gasteiger partial charge in [-0.05, 0) is 48.1 Å². The van der Waals surface area contributed by atoms with Crippen LogP contribution < -0.4 is 5.32 Å². The Morgan fingerprint density at radius 3 is 2.72 bits per heavy atom. The number of carbonyl (C=O) groups is 2. The molecule has 2 aromatic carbocycles. The highest BCUT2D eigenvalue weighted by Gasteiger charge is 2.30. The van der Waals surface area contributed by atoms with Crippen molar-refractivity contribution in [3.05, 3.63) is 76.3 Å². The number of aromatic nitrogens is 2. The van der Waals surface area contributed by atoms with Crippen molar-refractivity contribution in [3.63, 3.8) is 0 Å². The molecule has 1 saturated carbocycles. The molecule has 6 rings (SSSR count). The van der Waals surface area contributed by atoms with E-state index >= 15 is 0 Å². The fourth-order valence-corrected chi connectivity index (χ4v) is 6.25. The molecule has 0 radical (unpaired) electrons. The number of rotatable bonds is 4. The molecule has 2 aliphatic rings. The van der Waals surface area contributed by atoms with E-state index in [0.29, 0.717) is 28.7 Å². The largest absolute Gasteiger partial charge is 0.465 e. The van der Waals surface area contributed by atoms with Crippen molar-refractivity contribution >= 4 is 45.3 Å². The third-order valence-corrected chi connectivity index (χ3v) is 8.05. The highest BCUT2D eigenvalue weighted by molar-refractivity contribution is 7.13. The molecule has 7 heteroatoms. The zero-order chi connectivity index (χ0) is 24.6. The molecule has 0 bridgehead atoms. The Morgan fingerprint density at radius 1 is 1.11 bits per heavy atom. The molecule has 1 N–H and O–H groups in total. The number of amides is 1. The maximum absolute atomic E-state index is 13.4. The Labute approximate surface area is 213 Å². The van der Waals surface area contributed by atoms with Gasteiger partial charge in [-0.15, -0.1) is 11.3 Å². The smallest absolute Gasteiger partial charge is 0.337 e. The number of carbonyl (C=O) groups excluding carboxylic acids is 2. The number of fused-ring (bicyclic) bond motifs is 5. The van der Waals surface area contributed by atoms with Crippen molar-refractivity contribution < 1.29 is 14.3 Å². The van der Waals surface area contributed by atoms with Gasteiger partial charge in [0.05, 0.1) is 24.9 Å². The molecule has 0 unspecified atom stereocenters. The second-order valence-electron chi connectivity index (χ2n) is 9.46. The van der Waals surface area contributed by atoms with Gasteiger partial charge >= 0.3 is 5.97 Å². The van der Waals surface area contributed by atoms with Gasteiger partial charge < -0.3 is 9.30 Å². The lowest BCUT2D eigenvalue weighted by atomic mass is 9.81. The van der Waals surface area contributed by atoms with Crippen LogP contribution >= 0.6 is 11.3 Å². The topological polar surface area (TPSA) is 73.2 Å². The Bertz CT molecular complexity index is 1490. The standard InChI is InChI=1S/C29H27N3O3S/c1-35-28(34)20-11-12-23-24(16-20)32-17-21(27(33)31-29-30-13-14-36-29)15-19-9-5-6-10-22(19)26(32)25(23)18-7-3-2-4-8-18/h5-6,9-16,18H,2-4,7-8,17H2,1H3,(H,30,31,33). The molecule has 6 nitrogen and oxygen atoms in total. The summed E-state index contributed by atoms with van der Waals surface area (Å²) in [4.78, 5) is 30.1. The molecule has 3 heterocycles. The first-order chi connectivity index (χ1) is 17.6. The SMILES string of the molecule is COC(=O)c1ccc2c(C3CCCCC3)c3n(c2c1)CC(C(=O)Nc1nccs1)=Cc1ccccc1-3. The second kappa shape index (κ2) is 9.39. The Kier molecular flexibility index (Phi) is 5.93. The van der Waals surface area contributed by atoms with E-state index in [1.807, 2.05) is 29.7 Å². The molecule has 36 heavy (non-hydrogen) atoms. The van der Waals surface area contributed by atoms with Gasteiger partial charge in [0.2, 0.25) is 0 Å². The minimum absolute atomic E-state index is 0.169. The number of nitrogens with one attached hydrogen (secondary N) is 1.